The average molecular weight is 418 g/mol. The summed E-state index contributed by atoms with van der Waals surface area (Å²) in [6, 6.07) is -0.885. The van der Waals surface area contributed by atoms with Crippen LogP contribution in [0.5, 0.6) is 0 Å². The second-order valence-corrected chi connectivity index (χ2v) is 7.77. The van der Waals surface area contributed by atoms with Gasteiger partial charge in [0, 0.05) is 19.4 Å². The number of carbonyl (C=O) groups is 2. The number of carboxylic acids is 1. The summed E-state index contributed by atoms with van der Waals surface area (Å²) in [4.78, 5) is 24.6. The molecule has 1 amide bonds. The highest BCUT2D eigenvalue weighted by Gasteiger charge is 2.38. The molecule has 1 aliphatic heterocycles. The summed E-state index contributed by atoms with van der Waals surface area (Å²) >= 11 is 0. The number of likely N-dealkylation sites (tertiary alicyclic amines) is 1. The Morgan fingerprint density at radius 3 is 1.93 bits per heavy atom. The molecule has 168 valence electrons. The van der Waals surface area contributed by atoms with Crippen molar-refractivity contribution in [2.24, 2.45) is 0 Å². The third-order valence-electron chi connectivity index (χ3n) is 5.10. The highest BCUT2D eigenvalue weighted by molar-refractivity contribution is 5.84. The lowest BCUT2D eigenvalue weighted by Gasteiger charge is -2.20. The maximum Gasteiger partial charge on any atom is 0.326 e. The first-order valence-corrected chi connectivity index (χ1v) is 11.4. The highest BCUT2D eigenvalue weighted by atomic mass is 16.4. The molecule has 0 aromatic heterocycles. The standard InChI is InChI=1S/C25H39NO4/c1-2-3-4-5-6-7-8-9-10-11-12-13-14-15-16-17-18-19-24(28)26-21-22(27)20-23(26)25(29)30/h6-7,9-10,12-13,15-16,22-23,27H,2-5,8,11,14,17-21H2,1H3,(H,29,30)/b7-6+,10-9+,13-12+,16-15+/t22?,23-/m0/s1. The van der Waals surface area contributed by atoms with E-state index in [1.807, 2.05) is 0 Å². The van der Waals surface area contributed by atoms with Crippen LogP contribution in [0.3, 0.4) is 0 Å². The van der Waals surface area contributed by atoms with Crippen molar-refractivity contribution in [2.45, 2.75) is 89.7 Å². The summed E-state index contributed by atoms with van der Waals surface area (Å²) in [5.74, 6) is -1.23. The number of carboxylic acid groups (broad SMARTS) is 1. The van der Waals surface area contributed by atoms with Gasteiger partial charge in [-0.05, 0) is 44.9 Å². The van der Waals surface area contributed by atoms with E-state index in [1.54, 1.807) is 0 Å². The number of carbonyl (C=O) groups excluding carboxylic acids is 1. The molecule has 5 heteroatoms. The minimum absolute atomic E-state index is 0.123. The molecule has 0 saturated carbocycles. The topological polar surface area (TPSA) is 77.8 Å². The average Bonchev–Trinajstić information content (AvgIpc) is 3.12. The summed E-state index contributed by atoms with van der Waals surface area (Å²) in [7, 11) is 0. The van der Waals surface area contributed by atoms with Gasteiger partial charge in [0.15, 0.2) is 0 Å². The molecule has 1 fully saturated rings. The van der Waals surface area contributed by atoms with Crippen molar-refractivity contribution in [2.75, 3.05) is 6.54 Å². The molecule has 1 aliphatic rings. The molecule has 0 aromatic rings. The predicted molar refractivity (Wildman–Crippen MR) is 122 cm³/mol. The van der Waals surface area contributed by atoms with E-state index in [4.69, 9.17) is 5.11 Å². The summed E-state index contributed by atoms with van der Waals surface area (Å²) < 4.78 is 0. The number of allylic oxidation sites excluding steroid dienone is 8. The van der Waals surface area contributed by atoms with Gasteiger partial charge >= 0.3 is 5.97 Å². The number of nitrogens with zero attached hydrogens (tertiary/aromatic N) is 1. The summed E-state index contributed by atoms with van der Waals surface area (Å²) in [6.45, 7) is 2.35. The Hall–Kier alpha value is -2.14. The first kappa shape index (κ1) is 25.9. The number of aliphatic hydroxyl groups excluding tert-OH is 1. The first-order valence-electron chi connectivity index (χ1n) is 11.4. The SMILES string of the molecule is CCCCC/C=C/C/C=C/C/C=C/C/C=C/CCCC(=O)N1CC(O)C[C@H]1C(=O)O. The van der Waals surface area contributed by atoms with Crippen LogP contribution >= 0.6 is 0 Å². The second kappa shape index (κ2) is 16.6. The zero-order valence-corrected chi connectivity index (χ0v) is 18.4. The largest absolute Gasteiger partial charge is 0.480 e. The summed E-state index contributed by atoms with van der Waals surface area (Å²) in [5.41, 5.74) is 0. The Kier molecular flexibility index (Phi) is 14.4. The van der Waals surface area contributed by atoms with Crippen molar-refractivity contribution in [1.29, 1.82) is 0 Å². The van der Waals surface area contributed by atoms with E-state index in [0.717, 1.165) is 25.7 Å². The number of hydrogen-bond donors (Lipinski definition) is 2. The third-order valence-corrected chi connectivity index (χ3v) is 5.10. The fraction of sp³-hybridized carbons (Fsp3) is 0.600. The molecule has 2 N–H and O–H groups in total. The van der Waals surface area contributed by atoms with Gasteiger partial charge < -0.3 is 15.1 Å². The summed E-state index contributed by atoms with van der Waals surface area (Å²) in [6.07, 6.45) is 26.4. The minimum atomic E-state index is -1.04. The fourth-order valence-corrected chi connectivity index (χ4v) is 3.40. The van der Waals surface area contributed by atoms with E-state index in [1.165, 1.54) is 30.6 Å². The monoisotopic (exact) mass is 417 g/mol. The Morgan fingerprint density at radius 2 is 1.40 bits per heavy atom. The van der Waals surface area contributed by atoms with E-state index in [2.05, 4.69) is 55.5 Å². The number of amides is 1. The highest BCUT2D eigenvalue weighted by Crippen LogP contribution is 2.19. The lowest BCUT2D eigenvalue weighted by Crippen LogP contribution is -2.40. The van der Waals surface area contributed by atoms with Gasteiger partial charge in [0.05, 0.1) is 6.10 Å². The molecule has 1 saturated heterocycles. The van der Waals surface area contributed by atoms with Crippen LogP contribution in [0.25, 0.3) is 0 Å². The predicted octanol–water partition coefficient (Wildman–Crippen LogP) is 5.18. The zero-order chi connectivity index (χ0) is 22.0. The van der Waals surface area contributed by atoms with Gasteiger partial charge in [-0.2, -0.15) is 0 Å². The van der Waals surface area contributed by atoms with Gasteiger partial charge in [-0.15, -0.1) is 0 Å². The van der Waals surface area contributed by atoms with E-state index in [-0.39, 0.29) is 18.9 Å². The molecule has 2 atom stereocenters. The molecule has 0 aliphatic carbocycles. The summed E-state index contributed by atoms with van der Waals surface area (Å²) in [5, 5.41) is 18.7. The van der Waals surface area contributed by atoms with Gasteiger partial charge in [-0.3, -0.25) is 4.79 Å². The zero-order valence-electron chi connectivity index (χ0n) is 18.4. The molecular formula is C25H39NO4. The van der Waals surface area contributed by atoms with Crippen molar-refractivity contribution in [3.63, 3.8) is 0 Å². The number of rotatable bonds is 15. The van der Waals surface area contributed by atoms with Crippen molar-refractivity contribution < 1.29 is 19.8 Å². The van der Waals surface area contributed by atoms with E-state index < -0.39 is 18.1 Å². The van der Waals surface area contributed by atoms with Crippen molar-refractivity contribution >= 4 is 11.9 Å². The van der Waals surface area contributed by atoms with Crippen LogP contribution in [-0.4, -0.2) is 45.7 Å². The Bertz CT molecular complexity index is 606. The molecular weight excluding hydrogens is 378 g/mol. The molecule has 1 unspecified atom stereocenters. The maximum atomic E-state index is 12.2. The van der Waals surface area contributed by atoms with E-state index in [9.17, 15) is 14.7 Å². The van der Waals surface area contributed by atoms with Crippen LogP contribution in [0.15, 0.2) is 48.6 Å². The number of β-amino-alcohol motifs (C(OH)–C–C–N with tert-alkyl or cyclic N) is 1. The van der Waals surface area contributed by atoms with Crippen molar-refractivity contribution in [3.8, 4) is 0 Å². The molecule has 0 spiro atoms. The van der Waals surface area contributed by atoms with Crippen LogP contribution in [-0.2, 0) is 9.59 Å². The van der Waals surface area contributed by atoms with Crippen molar-refractivity contribution in [1.82, 2.24) is 4.90 Å². The Balaban J connectivity index is 2.05. The molecule has 0 radical (unpaired) electrons. The Morgan fingerprint density at radius 1 is 0.867 bits per heavy atom. The lowest BCUT2D eigenvalue weighted by atomic mass is 10.1. The van der Waals surface area contributed by atoms with Crippen LogP contribution in [0.4, 0.5) is 0 Å². The van der Waals surface area contributed by atoms with Gasteiger partial charge in [0.2, 0.25) is 5.91 Å². The maximum absolute atomic E-state index is 12.2. The van der Waals surface area contributed by atoms with E-state index >= 15 is 0 Å². The van der Waals surface area contributed by atoms with Gasteiger partial charge in [-0.1, -0.05) is 68.4 Å². The van der Waals surface area contributed by atoms with Gasteiger partial charge in [-0.25, -0.2) is 4.79 Å². The molecule has 30 heavy (non-hydrogen) atoms. The van der Waals surface area contributed by atoms with Crippen LogP contribution in [0.2, 0.25) is 0 Å². The quantitative estimate of drug-likeness (QED) is 0.284. The third kappa shape index (κ3) is 11.8. The molecule has 5 nitrogen and oxygen atoms in total. The van der Waals surface area contributed by atoms with Crippen LogP contribution in [0, 0.1) is 0 Å². The lowest BCUT2D eigenvalue weighted by molar-refractivity contribution is -0.148. The molecule has 0 aromatic carbocycles. The van der Waals surface area contributed by atoms with Crippen molar-refractivity contribution in [3.05, 3.63) is 48.6 Å². The van der Waals surface area contributed by atoms with Crippen LogP contribution < -0.4 is 0 Å². The Labute approximate surface area is 181 Å². The van der Waals surface area contributed by atoms with Crippen LogP contribution in [0.1, 0.15) is 77.6 Å². The molecule has 1 rings (SSSR count). The normalized spacial score (nSPS) is 19.9. The van der Waals surface area contributed by atoms with E-state index in [0.29, 0.717) is 12.8 Å². The van der Waals surface area contributed by atoms with Gasteiger partial charge in [0.1, 0.15) is 6.04 Å². The fourth-order valence-electron chi connectivity index (χ4n) is 3.40. The molecule has 0 bridgehead atoms. The van der Waals surface area contributed by atoms with Gasteiger partial charge in [0.25, 0.3) is 0 Å². The second-order valence-electron chi connectivity index (χ2n) is 7.77. The molecule has 1 heterocycles. The first-order chi connectivity index (χ1) is 14.6. The smallest absolute Gasteiger partial charge is 0.326 e. The number of aliphatic carboxylic acids is 1. The minimum Gasteiger partial charge on any atom is -0.480 e. The number of aliphatic hydroxyl groups is 1. The number of hydrogen-bond acceptors (Lipinski definition) is 3. The number of unbranched alkanes of at least 4 members (excludes halogenated alkanes) is 4.